The van der Waals surface area contributed by atoms with Gasteiger partial charge in [0.1, 0.15) is 4.83 Å². The topological polar surface area (TPSA) is 30.0 Å². The molecule has 20 heavy (non-hydrogen) atoms. The highest BCUT2D eigenvalue weighted by atomic mass is 79.9. The van der Waals surface area contributed by atoms with Crippen LogP contribution in [0.25, 0.3) is 0 Å². The Bertz CT molecular complexity index is 604. The third-order valence-electron chi connectivity index (χ3n) is 2.89. The van der Waals surface area contributed by atoms with E-state index < -0.39 is 10.8 Å². The number of carbonyl (C=O) groups excluding carboxylic acids is 1. The largest absolute Gasteiger partial charge is 0.293 e. The molecular weight excluding hydrogens is 389 g/mol. The summed E-state index contributed by atoms with van der Waals surface area (Å²) in [5.41, 5.74) is 2.30. The normalized spacial score (nSPS) is 11.6. The van der Waals surface area contributed by atoms with Crippen LogP contribution in [0.5, 0.6) is 0 Å². The summed E-state index contributed by atoms with van der Waals surface area (Å²) < 4.78 is 13.1. The molecule has 1 heterocycles. The number of Topliss-reactive ketones (excluding diaryl/α,β-unsaturated/α-hetero) is 1. The summed E-state index contributed by atoms with van der Waals surface area (Å²) in [6.45, 7) is 2.04. The van der Waals surface area contributed by atoms with Gasteiger partial charge in [-0.1, -0.05) is 41.1 Å². The fraction of sp³-hybridized carbons (Fsp3) is 0.200. The number of hydrogen-bond donors (Lipinski definition) is 0. The van der Waals surface area contributed by atoms with Crippen molar-refractivity contribution in [3.63, 3.8) is 0 Å². The first-order chi connectivity index (χ1) is 9.11. The quantitative estimate of drug-likeness (QED) is 0.422. The van der Waals surface area contributed by atoms with Crippen LogP contribution in [0.3, 0.4) is 0 Å². The van der Waals surface area contributed by atoms with Crippen LogP contribution in [0.2, 0.25) is 0 Å². The van der Waals surface area contributed by atoms with Crippen LogP contribution < -0.4 is 0 Å². The van der Waals surface area contributed by atoms with Crippen LogP contribution in [-0.2, 0) is 6.42 Å². The van der Waals surface area contributed by atoms with E-state index in [1.165, 1.54) is 12.3 Å². The second-order valence-corrected chi connectivity index (χ2v) is 5.11. The van der Waals surface area contributed by atoms with Gasteiger partial charge in [0.05, 0.1) is 0 Å². The number of ketones is 1. The lowest BCUT2D eigenvalue weighted by Crippen LogP contribution is -2.08. The van der Waals surface area contributed by atoms with Crippen molar-refractivity contribution in [2.75, 3.05) is 0 Å². The summed E-state index contributed by atoms with van der Waals surface area (Å²) in [6.07, 6.45) is 2.23. The molecule has 0 N–H and O–H groups in total. The minimum atomic E-state index is -0.586. The van der Waals surface area contributed by atoms with Crippen molar-refractivity contribution in [1.29, 1.82) is 0 Å². The third kappa shape index (κ3) is 3.96. The predicted octanol–water partition coefficient (Wildman–Crippen LogP) is 4.68. The summed E-state index contributed by atoms with van der Waals surface area (Å²) in [5, 5.41) is 0. The standard InChI is InChI=1S/C15H13BrFNO.BrH/c1-2-10-4-3-5-12(8-10)15(19)14(16)11-6-7-18-13(17)9-11;/h3-9,14H,2H2,1H3;1H. The molecular formula is C15H14Br2FNO. The van der Waals surface area contributed by atoms with E-state index in [4.69, 9.17) is 0 Å². The predicted molar refractivity (Wildman–Crippen MR) is 86.3 cm³/mol. The van der Waals surface area contributed by atoms with E-state index in [0.717, 1.165) is 12.0 Å². The molecule has 2 nitrogen and oxygen atoms in total. The zero-order valence-electron chi connectivity index (χ0n) is 10.8. The second-order valence-electron chi connectivity index (χ2n) is 4.19. The molecule has 0 fully saturated rings. The summed E-state index contributed by atoms with van der Waals surface area (Å²) >= 11 is 3.32. The van der Waals surface area contributed by atoms with Gasteiger partial charge >= 0.3 is 0 Å². The first-order valence-corrected chi connectivity index (χ1v) is 6.92. The Morgan fingerprint density at radius 2 is 2.10 bits per heavy atom. The number of rotatable bonds is 4. The molecule has 106 valence electrons. The molecule has 5 heteroatoms. The van der Waals surface area contributed by atoms with Crippen molar-refractivity contribution >= 4 is 38.7 Å². The van der Waals surface area contributed by atoms with E-state index in [0.29, 0.717) is 11.1 Å². The number of nitrogens with zero attached hydrogens (tertiary/aromatic N) is 1. The highest BCUT2D eigenvalue weighted by Gasteiger charge is 2.19. The van der Waals surface area contributed by atoms with Gasteiger partial charge in [-0.05, 0) is 35.7 Å². The molecule has 0 aliphatic rings. The van der Waals surface area contributed by atoms with Crippen molar-refractivity contribution in [3.05, 3.63) is 65.2 Å². The maximum absolute atomic E-state index is 13.1. The van der Waals surface area contributed by atoms with Crippen LogP contribution >= 0.6 is 32.9 Å². The Balaban J connectivity index is 0.00000200. The fourth-order valence-corrected chi connectivity index (χ4v) is 2.37. The number of carbonyl (C=O) groups is 1. The smallest absolute Gasteiger partial charge is 0.213 e. The highest BCUT2D eigenvalue weighted by molar-refractivity contribution is 9.09. The van der Waals surface area contributed by atoms with Gasteiger partial charge in [-0.15, -0.1) is 17.0 Å². The maximum atomic E-state index is 13.1. The van der Waals surface area contributed by atoms with Crippen molar-refractivity contribution in [2.45, 2.75) is 18.2 Å². The number of alkyl halides is 1. The van der Waals surface area contributed by atoms with Gasteiger partial charge < -0.3 is 0 Å². The Morgan fingerprint density at radius 3 is 2.75 bits per heavy atom. The molecule has 1 aromatic carbocycles. The molecule has 0 saturated heterocycles. The van der Waals surface area contributed by atoms with Crippen molar-refractivity contribution in [3.8, 4) is 0 Å². The minimum absolute atomic E-state index is 0. The number of hydrogen-bond acceptors (Lipinski definition) is 2. The Kier molecular flexibility index (Phi) is 6.49. The van der Waals surface area contributed by atoms with E-state index in [-0.39, 0.29) is 22.8 Å². The molecule has 1 atom stereocenters. The average molecular weight is 403 g/mol. The molecule has 2 rings (SSSR count). The summed E-state index contributed by atoms with van der Waals surface area (Å²) in [4.78, 5) is 15.3. The lowest BCUT2D eigenvalue weighted by atomic mass is 10.0. The second kappa shape index (κ2) is 7.64. The number of benzene rings is 1. The van der Waals surface area contributed by atoms with Gasteiger partial charge in [0.15, 0.2) is 5.78 Å². The molecule has 0 aliphatic carbocycles. The highest BCUT2D eigenvalue weighted by Crippen LogP contribution is 2.27. The summed E-state index contributed by atoms with van der Waals surface area (Å²) in [5.74, 6) is -0.669. The van der Waals surface area contributed by atoms with Gasteiger partial charge in [0.25, 0.3) is 0 Å². The van der Waals surface area contributed by atoms with E-state index >= 15 is 0 Å². The fourth-order valence-electron chi connectivity index (χ4n) is 1.82. The molecule has 2 aromatic rings. The van der Waals surface area contributed by atoms with E-state index in [1.807, 2.05) is 25.1 Å². The van der Waals surface area contributed by atoms with Crippen LogP contribution in [0.4, 0.5) is 4.39 Å². The van der Waals surface area contributed by atoms with Crippen LogP contribution in [-0.4, -0.2) is 10.8 Å². The van der Waals surface area contributed by atoms with Crippen molar-refractivity contribution in [1.82, 2.24) is 4.98 Å². The maximum Gasteiger partial charge on any atom is 0.213 e. The number of aryl methyl sites for hydroxylation is 1. The summed E-state index contributed by atoms with van der Waals surface area (Å²) in [6, 6.07) is 10.4. The molecule has 0 bridgehead atoms. The molecule has 0 saturated carbocycles. The lowest BCUT2D eigenvalue weighted by molar-refractivity contribution is 0.0991. The van der Waals surface area contributed by atoms with Crippen molar-refractivity contribution < 1.29 is 9.18 Å². The number of aromatic nitrogens is 1. The Morgan fingerprint density at radius 1 is 1.35 bits per heavy atom. The Hall–Kier alpha value is -1.07. The average Bonchev–Trinajstić information content (AvgIpc) is 2.45. The Labute approximate surface area is 136 Å². The van der Waals surface area contributed by atoms with E-state index in [9.17, 15) is 9.18 Å². The van der Waals surface area contributed by atoms with Gasteiger partial charge in [-0.2, -0.15) is 4.39 Å². The molecule has 0 spiro atoms. The minimum Gasteiger partial charge on any atom is -0.293 e. The van der Waals surface area contributed by atoms with Crippen LogP contribution in [0.15, 0.2) is 42.6 Å². The molecule has 1 unspecified atom stereocenters. The third-order valence-corrected chi connectivity index (χ3v) is 3.84. The molecule has 0 amide bonds. The molecule has 1 aromatic heterocycles. The first kappa shape index (κ1) is 17.0. The monoisotopic (exact) mass is 401 g/mol. The van der Waals surface area contributed by atoms with E-state index in [2.05, 4.69) is 20.9 Å². The van der Waals surface area contributed by atoms with Gasteiger partial charge in [0, 0.05) is 11.8 Å². The van der Waals surface area contributed by atoms with Crippen LogP contribution in [0, 0.1) is 5.95 Å². The number of pyridine rings is 1. The number of halogens is 3. The zero-order valence-corrected chi connectivity index (χ0v) is 14.1. The van der Waals surface area contributed by atoms with Gasteiger partial charge in [-0.25, -0.2) is 4.98 Å². The molecule has 0 aliphatic heterocycles. The zero-order chi connectivity index (χ0) is 13.8. The molecule has 0 radical (unpaired) electrons. The summed E-state index contributed by atoms with van der Waals surface area (Å²) in [7, 11) is 0. The van der Waals surface area contributed by atoms with Crippen LogP contribution in [0.1, 0.15) is 33.2 Å². The first-order valence-electron chi connectivity index (χ1n) is 6.00. The van der Waals surface area contributed by atoms with Crippen molar-refractivity contribution in [2.24, 2.45) is 0 Å². The van der Waals surface area contributed by atoms with E-state index in [1.54, 1.807) is 12.1 Å². The SMILES string of the molecule is Br.CCc1cccc(C(=O)C(Br)c2ccnc(F)c2)c1. The van der Waals surface area contributed by atoms with Gasteiger partial charge in [-0.3, -0.25) is 4.79 Å². The van der Waals surface area contributed by atoms with Gasteiger partial charge in [0.2, 0.25) is 5.95 Å². The lowest BCUT2D eigenvalue weighted by Gasteiger charge is -2.10.